The summed E-state index contributed by atoms with van der Waals surface area (Å²) < 4.78 is 0. The summed E-state index contributed by atoms with van der Waals surface area (Å²) in [5.41, 5.74) is 15.6. The summed E-state index contributed by atoms with van der Waals surface area (Å²) in [6.45, 7) is 6.50. The zero-order chi connectivity index (χ0) is 31.5. The molecule has 3 nitrogen and oxygen atoms in total. The standard InChI is InChI=1S/C43H37N3/c1-4-5-16-33-27-39(38-22-13-12-21-37(38)30(33)3)34-24-35(40-23-14-15-29(2)44-40)26-36(25-34)43-45-41(31-17-8-6-9-18-31)28-42(46-43)32-19-10-7-11-20-32/h5-11,13-20,22-28H,4,12,21H2,1-3H3/b16-5-. The average molecular weight is 596 g/mol. The SMILES string of the molecule is CC/C=C\c1cc(-c2cc(-c3cccc(C)n3)cc(-c3nc(-c4ccccc4)cc(-c4ccccc4)n3)c2)c2c(c1C)CCC=C2. The summed E-state index contributed by atoms with van der Waals surface area (Å²) in [6.07, 6.45) is 12.3. The topological polar surface area (TPSA) is 38.7 Å². The van der Waals surface area contributed by atoms with E-state index in [1.807, 2.05) is 25.1 Å². The predicted octanol–water partition coefficient (Wildman–Crippen LogP) is 11.2. The van der Waals surface area contributed by atoms with E-state index in [1.165, 1.54) is 27.8 Å². The zero-order valence-electron chi connectivity index (χ0n) is 26.7. The molecule has 2 heterocycles. The molecule has 0 unspecified atom stereocenters. The molecule has 1 aliphatic rings. The second-order valence-electron chi connectivity index (χ2n) is 11.9. The molecular formula is C43H37N3. The van der Waals surface area contributed by atoms with Gasteiger partial charge in [-0.2, -0.15) is 0 Å². The van der Waals surface area contributed by atoms with Crippen LogP contribution >= 0.6 is 0 Å². The van der Waals surface area contributed by atoms with Crippen LogP contribution in [-0.4, -0.2) is 15.0 Å². The van der Waals surface area contributed by atoms with Gasteiger partial charge in [0, 0.05) is 27.9 Å². The van der Waals surface area contributed by atoms with Crippen LogP contribution in [0.3, 0.4) is 0 Å². The first-order chi connectivity index (χ1) is 22.6. The summed E-state index contributed by atoms with van der Waals surface area (Å²) in [7, 11) is 0. The maximum atomic E-state index is 5.19. The second-order valence-corrected chi connectivity index (χ2v) is 11.9. The molecule has 0 amide bonds. The molecule has 6 aromatic rings. The van der Waals surface area contributed by atoms with E-state index in [-0.39, 0.29) is 0 Å². The van der Waals surface area contributed by atoms with Crippen LogP contribution in [0.25, 0.3) is 68.4 Å². The highest BCUT2D eigenvalue weighted by Crippen LogP contribution is 2.39. The summed E-state index contributed by atoms with van der Waals surface area (Å²) in [4.78, 5) is 15.3. The average Bonchev–Trinajstić information content (AvgIpc) is 3.12. The first-order valence-electron chi connectivity index (χ1n) is 16.2. The highest BCUT2D eigenvalue weighted by Gasteiger charge is 2.19. The van der Waals surface area contributed by atoms with Gasteiger partial charge >= 0.3 is 0 Å². The van der Waals surface area contributed by atoms with E-state index in [2.05, 4.69) is 129 Å². The smallest absolute Gasteiger partial charge is 0.160 e. The van der Waals surface area contributed by atoms with Crippen molar-refractivity contribution in [3.8, 4) is 56.3 Å². The van der Waals surface area contributed by atoms with Gasteiger partial charge < -0.3 is 0 Å². The van der Waals surface area contributed by atoms with Crippen LogP contribution in [0, 0.1) is 13.8 Å². The van der Waals surface area contributed by atoms with Crippen LogP contribution in [0.15, 0.2) is 121 Å². The minimum absolute atomic E-state index is 0.693. The summed E-state index contributed by atoms with van der Waals surface area (Å²) in [5.74, 6) is 0.693. The molecule has 224 valence electrons. The monoisotopic (exact) mass is 595 g/mol. The van der Waals surface area contributed by atoms with Crippen LogP contribution in [0.5, 0.6) is 0 Å². The Morgan fingerprint density at radius 1 is 0.630 bits per heavy atom. The molecule has 4 aromatic carbocycles. The van der Waals surface area contributed by atoms with Crippen molar-refractivity contribution in [3.63, 3.8) is 0 Å². The van der Waals surface area contributed by atoms with Crippen molar-refractivity contribution in [1.29, 1.82) is 0 Å². The van der Waals surface area contributed by atoms with Gasteiger partial charge in [-0.1, -0.05) is 98.0 Å². The van der Waals surface area contributed by atoms with Crippen LogP contribution in [0.4, 0.5) is 0 Å². The Bertz CT molecular complexity index is 2030. The largest absolute Gasteiger partial charge is 0.253 e. The van der Waals surface area contributed by atoms with E-state index in [4.69, 9.17) is 15.0 Å². The molecule has 0 fully saturated rings. The maximum Gasteiger partial charge on any atom is 0.160 e. The molecule has 0 N–H and O–H groups in total. The Kier molecular flexibility index (Phi) is 8.22. The van der Waals surface area contributed by atoms with Crippen molar-refractivity contribution in [2.24, 2.45) is 0 Å². The molecule has 7 rings (SSSR count). The number of nitrogens with zero attached hydrogens (tertiary/aromatic N) is 3. The number of fused-ring (bicyclic) bond motifs is 1. The van der Waals surface area contributed by atoms with Crippen molar-refractivity contribution in [2.45, 2.75) is 40.0 Å². The number of benzene rings is 4. The highest BCUT2D eigenvalue weighted by atomic mass is 14.9. The fourth-order valence-corrected chi connectivity index (χ4v) is 6.33. The number of rotatable bonds is 7. The van der Waals surface area contributed by atoms with E-state index >= 15 is 0 Å². The van der Waals surface area contributed by atoms with Gasteiger partial charge in [0.15, 0.2) is 5.82 Å². The normalized spacial score (nSPS) is 12.4. The van der Waals surface area contributed by atoms with Crippen molar-refractivity contribution in [1.82, 2.24) is 15.0 Å². The number of hydrogen-bond donors (Lipinski definition) is 0. The van der Waals surface area contributed by atoms with Gasteiger partial charge in [0.1, 0.15) is 0 Å². The molecule has 46 heavy (non-hydrogen) atoms. The predicted molar refractivity (Wildman–Crippen MR) is 193 cm³/mol. The molecule has 0 saturated heterocycles. The first kappa shape index (κ1) is 29.3. The van der Waals surface area contributed by atoms with Crippen LogP contribution < -0.4 is 0 Å². The number of aryl methyl sites for hydroxylation is 1. The lowest BCUT2D eigenvalue weighted by Gasteiger charge is -2.21. The van der Waals surface area contributed by atoms with Gasteiger partial charge in [-0.25, -0.2) is 9.97 Å². The molecule has 0 saturated carbocycles. The maximum absolute atomic E-state index is 5.19. The van der Waals surface area contributed by atoms with Gasteiger partial charge in [-0.3, -0.25) is 4.98 Å². The molecule has 0 aliphatic heterocycles. The Balaban J connectivity index is 1.50. The Morgan fingerprint density at radius 3 is 1.98 bits per heavy atom. The molecular weight excluding hydrogens is 558 g/mol. The quantitative estimate of drug-likeness (QED) is 0.184. The fraction of sp³-hybridized carbons (Fsp3) is 0.140. The van der Waals surface area contributed by atoms with Crippen molar-refractivity contribution in [3.05, 3.63) is 149 Å². The lowest BCUT2D eigenvalue weighted by Crippen LogP contribution is -2.03. The van der Waals surface area contributed by atoms with Crippen LogP contribution in [0.2, 0.25) is 0 Å². The number of aromatic nitrogens is 3. The lowest BCUT2D eigenvalue weighted by atomic mass is 9.83. The molecule has 0 radical (unpaired) electrons. The molecule has 2 aromatic heterocycles. The van der Waals surface area contributed by atoms with Crippen LogP contribution in [-0.2, 0) is 6.42 Å². The molecule has 0 spiro atoms. The Morgan fingerprint density at radius 2 is 1.30 bits per heavy atom. The second kappa shape index (κ2) is 12.9. The Hall–Kier alpha value is -5.41. The Labute approximate surface area is 272 Å². The van der Waals surface area contributed by atoms with Gasteiger partial charge in [0.25, 0.3) is 0 Å². The number of allylic oxidation sites excluding steroid dienone is 2. The van der Waals surface area contributed by atoms with E-state index in [0.29, 0.717) is 5.82 Å². The molecule has 0 atom stereocenters. The van der Waals surface area contributed by atoms with Crippen LogP contribution in [0.1, 0.15) is 47.7 Å². The summed E-state index contributed by atoms with van der Waals surface area (Å²) in [5, 5.41) is 0. The van der Waals surface area contributed by atoms with E-state index < -0.39 is 0 Å². The molecule has 1 aliphatic carbocycles. The third-order valence-electron chi connectivity index (χ3n) is 8.73. The van der Waals surface area contributed by atoms with Gasteiger partial charge in [0.2, 0.25) is 0 Å². The molecule has 0 bridgehead atoms. The van der Waals surface area contributed by atoms with E-state index in [1.54, 1.807) is 0 Å². The molecule has 3 heteroatoms. The highest BCUT2D eigenvalue weighted by molar-refractivity contribution is 5.87. The van der Waals surface area contributed by atoms with E-state index in [0.717, 1.165) is 69.9 Å². The zero-order valence-corrected chi connectivity index (χ0v) is 26.7. The van der Waals surface area contributed by atoms with Crippen molar-refractivity contribution < 1.29 is 0 Å². The number of pyridine rings is 1. The summed E-state index contributed by atoms with van der Waals surface area (Å²) >= 11 is 0. The van der Waals surface area contributed by atoms with Gasteiger partial charge in [-0.05, 0) is 109 Å². The van der Waals surface area contributed by atoms with Gasteiger partial charge in [0.05, 0.1) is 17.1 Å². The minimum atomic E-state index is 0.693. The fourth-order valence-electron chi connectivity index (χ4n) is 6.33. The lowest BCUT2D eigenvalue weighted by molar-refractivity contribution is 0.970. The minimum Gasteiger partial charge on any atom is -0.253 e. The van der Waals surface area contributed by atoms with Crippen molar-refractivity contribution in [2.75, 3.05) is 0 Å². The third-order valence-corrected chi connectivity index (χ3v) is 8.73. The van der Waals surface area contributed by atoms with E-state index in [9.17, 15) is 0 Å². The van der Waals surface area contributed by atoms with Crippen molar-refractivity contribution >= 4 is 12.2 Å². The van der Waals surface area contributed by atoms with Gasteiger partial charge in [-0.15, -0.1) is 0 Å². The third kappa shape index (κ3) is 5.97. The number of hydrogen-bond acceptors (Lipinski definition) is 3. The first-order valence-corrected chi connectivity index (χ1v) is 16.2. The summed E-state index contributed by atoms with van der Waals surface area (Å²) in [6, 6.07) is 38.1.